The summed E-state index contributed by atoms with van der Waals surface area (Å²) in [5.41, 5.74) is 6.15. The van der Waals surface area contributed by atoms with Gasteiger partial charge in [-0.25, -0.2) is 0 Å². The van der Waals surface area contributed by atoms with Crippen LogP contribution in [0.2, 0.25) is 0 Å². The lowest BCUT2D eigenvalue weighted by Crippen LogP contribution is -2.55. The zero-order valence-corrected chi connectivity index (χ0v) is 15.6. The fourth-order valence-corrected chi connectivity index (χ4v) is 2.77. The van der Waals surface area contributed by atoms with Crippen molar-refractivity contribution >= 4 is 17.5 Å². The predicted molar refractivity (Wildman–Crippen MR) is 103 cm³/mol. The number of ketones is 2. The van der Waals surface area contributed by atoms with Gasteiger partial charge in [0, 0.05) is 11.1 Å². The largest absolute Gasteiger partial charge is 0.497 e. The smallest absolute Gasteiger partial charge is 0.234 e. The minimum atomic E-state index is -1.24. The number of carbonyl (C=O) groups excluding carboxylic acids is 3. The van der Waals surface area contributed by atoms with E-state index in [-0.39, 0.29) is 5.92 Å². The van der Waals surface area contributed by atoms with Crippen LogP contribution in [0.25, 0.3) is 0 Å². The number of rotatable bonds is 9. The van der Waals surface area contributed by atoms with Crippen LogP contribution in [-0.4, -0.2) is 36.7 Å². The quantitative estimate of drug-likeness (QED) is 0.522. The van der Waals surface area contributed by atoms with Gasteiger partial charge < -0.3 is 10.5 Å². The van der Waals surface area contributed by atoms with Gasteiger partial charge in [0.2, 0.25) is 5.91 Å². The highest BCUT2D eigenvalue weighted by molar-refractivity contribution is 6.19. The summed E-state index contributed by atoms with van der Waals surface area (Å²) in [6, 6.07) is 13.0. The van der Waals surface area contributed by atoms with E-state index >= 15 is 0 Å². The number of methoxy groups -OCH3 is 1. The van der Waals surface area contributed by atoms with Gasteiger partial charge in [-0.05, 0) is 18.1 Å². The fourth-order valence-electron chi connectivity index (χ4n) is 2.77. The molecule has 27 heavy (non-hydrogen) atoms. The summed E-state index contributed by atoms with van der Waals surface area (Å²) in [6.07, 6.45) is 0. The number of hydrogen-bond acceptors (Lipinski definition) is 5. The van der Waals surface area contributed by atoms with E-state index in [0.717, 1.165) is 0 Å². The Labute approximate surface area is 158 Å². The number of benzene rings is 2. The van der Waals surface area contributed by atoms with Crippen LogP contribution in [0.5, 0.6) is 5.75 Å². The van der Waals surface area contributed by atoms with E-state index in [1.54, 1.807) is 68.4 Å². The summed E-state index contributed by atoms with van der Waals surface area (Å²) in [7, 11) is 1.50. The van der Waals surface area contributed by atoms with Gasteiger partial charge in [0.25, 0.3) is 0 Å². The second-order valence-corrected chi connectivity index (χ2v) is 6.55. The molecule has 2 atom stereocenters. The Morgan fingerprint density at radius 1 is 0.926 bits per heavy atom. The second kappa shape index (κ2) is 9.09. The molecule has 0 aliphatic rings. The van der Waals surface area contributed by atoms with Gasteiger partial charge in [-0.1, -0.05) is 56.3 Å². The van der Waals surface area contributed by atoms with Crippen molar-refractivity contribution in [1.29, 1.82) is 0 Å². The van der Waals surface area contributed by atoms with E-state index in [1.165, 1.54) is 7.11 Å². The zero-order chi connectivity index (χ0) is 20.0. The number of hydrogen-bond donors (Lipinski definition) is 2. The first-order chi connectivity index (χ1) is 12.8. The van der Waals surface area contributed by atoms with Gasteiger partial charge in [-0.3, -0.25) is 19.7 Å². The summed E-state index contributed by atoms with van der Waals surface area (Å²) < 4.78 is 5.16. The molecular formula is C21H24N2O4. The Balaban J connectivity index is 2.43. The first-order valence-corrected chi connectivity index (χ1v) is 8.68. The summed E-state index contributed by atoms with van der Waals surface area (Å²) >= 11 is 0. The van der Waals surface area contributed by atoms with Crippen LogP contribution < -0.4 is 15.8 Å². The van der Waals surface area contributed by atoms with E-state index in [1.807, 2.05) is 0 Å². The van der Waals surface area contributed by atoms with Crippen molar-refractivity contribution in [1.82, 2.24) is 5.32 Å². The maximum absolute atomic E-state index is 13.1. The minimum absolute atomic E-state index is 0.188. The average molecular weight is 368 g/mol. The molecular weight excluding hydrogens is 344 g/mol. The van der Waals surface area contributed by atoms with Crippen molar-refractivity contribution in [3.8, 4) is 5.75 Å². The number of nitrogens with one attached hydrogen (secondary N) is 1. The van der Waals surface area contributed by atoms with Gasteiger partial charge in [-0.2, -0.15) is 0 Å². The molecule has 0 aromatic heterocycles. The summed E-state index contributed by atoms with van der Waals surface area (Å²) in [6.45, 7) is 3.59. The number of ether oxygens (including phenoxy) is 1. The maximum atomic E-state index is 13.1. The Hall–Kier alpha value is -2.99. The van der Waals surface area contributed by atoms with Crippen molar-refractivity contribution in [2.75, 3.05) is 7.11 Å². The van der Waals surface area contributed by atoms with E-state index < -0.39 is 29.6 Å². The third kappa shape index (κ3) is 5.01. The standard InChI is InChI=1S/C21H24N2O4/c1-13(2)17(21(22)26)23-18(19(24)14-8-5-4-6-9-14)20(25)15-10-7-11-16(12-15)27-3/h4-13,17-18,23H,1-3H3,(H2,22,26). The molecule has 1 amide bonds. The molecule has 0 saturated heterocycles. The lowest BCUT2D eigenvalue weighted by atomic mass is 9.93. The van der Waals surface area contributed by atoms with E-state index in [2.05, 4.69) is 5.32 Å². The van der Waals surface area contributed by atoms with Gasteiger partial charge in [0.05, 0.1) is 13.2 Å². The van der Waals surface area contributed by atoms with Crippen LogP contribution in [0.4, 0.5) is 0 Å². The molecule has 0 fully saturated rings. The highest BCUT2D eigenvalue weighted by atomic mass is 16.5. The molecule has 2 unspecified atom stereocenters. The lowest BCUT2D eigenvalue weighted by Gasteiger charge is -2.25. The molecule has 0 radical (unpaired) electrons. The first-order valence-electron chi connectivity index (χ1n) is 8.68. The Morgan fingerprint density at radius 2 is 1.52 bits per heavy atom. The topological polar surface area (TPSA) is 98.5 Å². The summed E-state index contributed by atoms with van der Waals surface area (Å²) in [5.74, 6) is -1.17. The molecule has 2 aromatic rings. The number of nitrogens with two attached hydrogens (primary N) is 1. The monoisotopic (exact) mass is 368 g/mol. The van der Waals surface area contributed by atoms with Gasteiger partial charge in [-0.15, -0.1) is 0 Å². The highest BCUT2D eigenvalue weighted by Crippen LogP contribution is 2.17. The molecule has 142 valence electrons. The normalized spacial score (nSPS) is 13.0. The zero-order valence-electron chi connectivity index (χ0n) is 15.6. The summed E-state index contributed by atoms with van der Waals surface area (Å²) in [5, 5.41) is 2.87. The number of primary amides is 1. The van der Waals surface area contributed by atoms with Crippen molar-refractivity contribution in [2.24, 2.45) is 11.7 Å². The van der Waals surface area contributed by atoms with Gasteiger partial charge in [0.1, 0.15) is 11.8 Å². The third-order valence-electron chi connectivity index (χ3n) is 4.26. The molecule has 0 bridgehead atoms. The SMILES string of the molecule is COc1cccc(C(=O)C(NC(C(N)=O)C(C)C)C(=O)c2ccccc2)c1. The Bertz CT molecular complexity index is 818. The molecule has 0 spiro atoms. The van der Waals surface area contributed by atoms with Crippen LogP contribution in [0.3, 0.4) is 0 Å². The maximum Gasteiger partial charge on any atom is 0.234 e. The van der Waals surface area contributed by atoms with E-state index in [4.69, 9.17) is 10.5 Å². The van der Waals surface area contributed by atoms with E-state index in [0.29, 0.717) is 16.9 Å². The molecule has 6 heteroatoms. The molecule has 6 nitrogen and oxygen atoms in total. The Kier molecular flexibility index (Phi) is 6.85. The van der Waals surface area contributed by atoms with Crippen molar-refractivity contribution in [3.63, 3.8) is 0 Å². The fraction of sp³-hybridized carbons (Fsp3) is 0.286. The van der Waals surface area contributed by atoms with E-state index in [9.17, 15) is 14.4 Å². The molecule has 2 aromatic carbocycles. The Morgan fingerprint density at radius 3 is 2.07 bits per heavy atom. The van der Waals surface area contributed by atoms with Crippen LogP contribution in [0.15, 0.2) is 54.6 Å². The highest BCUT2D eigenvalue weighted by Gasteiger charge is 2.33. The predicted octanol–water partition coefficient (Wildman–Crippen LogP) is 2.23. The molecule has 0 aliphatic heterocycles. The summed E-state index contributed by atoms with van der Waals surface area (Å²) in [4.78, 5) is 38.0. The number of carbonyl (C=O) groups is 3. The van der Waals surface area contributed by atoms with Gasteiger partial charge in [0.15, 0.2) is 11.6 Å². The van der Waals surface area contributed by atoms with Crippen molar-refractivity contribution in [3.05, 3.63) is 65.7 Å². The van der Waals surface area contributed by atoms with Gasteiger partial charge >= 0.3 is 0 Å². The van der Waals surface area contributed by atoms with Crippen LogP contribution in [0, 0.1) is 5.92 Å². The molecule has 3 N–H and O–H groups in total. The van der Waals surface area contributed by atoms with Crippen LogP contribution in [0.1, 0.15) is 34.6 Å². The number of Topliss-reactive ketones (excluding diaryl/α,β-unsaturated/α-hetero) is 2. The van der Waals surface area contributed by atoms with Crippen molar-refractivity contribution in [2.45, 2.75) is 25.9 Å². The molecule has 0 saturated carbocycles. The van der Waals surface area contributed by atoms with Crippen LogP contribution in [-0.2, 0) is 4.79 Å². The second-order valence-electron chi connectivity index (χ2n) is 6.55. The molecule has 2 rings (SSSR count). The number of amides is 1. The minimum Gasteiger partial charge on any atom is -0.497 e. The first kappa shape index (κ1) is 20.3. The van der Waals surface area contributed by atoms with Crippen LogP contribution >= 0.6 is 0 Å². The molecule has 0 heterocycles. The molecule has 0 aliphatic carbocycles. The third-order valence-corrected chi connectivity index (χ3v) is 4.26. The average Bonchev–Trinajstić information content (AvgIpc) is 2.68. The van der Waals surface area contributed by atoms with Crippen molar-refractivity contribution < 1.29 is 19.1 Å². The lowest BCUT2D eigenvalue weighted by molar-refractivity contribution is -0.121.